The molecule has 0 spiro atoms. The average molecular weight is 234 g/mol. The van der Waals surface area contributed by atoms with Crippen LogP contribution in [0.5, 0.6) is 5.75 Å². The van der Waals surface area contributed by atoms with Crippen molar-refractivity contribution < 1.29 is 5.11 Å². The quantitative estimate of drug-likeness (QED) is 0.841. The summed E-state index contributed by atoms with van der Waals surface area (Å²) in [6, 6.07) is 8.45. The Morgan fingerprint density at radius 3 is 2.41 bits per heavy atom. The van der Waals surface area contributed by atoms with Crippen LogP contribution >= 0.6 is 0 Å². The van der Waals surface area contributed by atoms with Crippen molar-refractivity contribution in [3.05, 3.63) is 29.8 Å². The summed E-state index contributed by atoms with van der Waals surface area (Å²) in [5, 5.41) is 12.9. The van der Waals surface area contributed by atoms with E-state index in [-0.39, 0.29) is 0 Å². The number of phenols is 1. The van der Waals surface area contributed by atoms with Gasteiger partial charge in [0.25, 0.3) is 0 Å². The highest BCUT2D eigenvalue weighted by molar-refractivity contribution is 5.27. The molecule has 0 amide bonds. The fourth-order valence-corrected chi connectivity index (χ4v) is 2.39. The first-order valence-electron chi connectivity index (χ1n) is 6.38. The molecule has 3 heteroatoms. The Hall–Kier alpha value is -1.06. The van der Waals surface area contributed by atoms with E-state index in [9.17, 15) is 5.11 Å². The fraction of sp³-hybridized carbons (Fsp3) is 0.571. The molecule has 17 heavy (non-hydrogen) atoms. The summed E-state index contributed by atoms with van der Waals surface area (Å²) in [5.41, 5.74) is 1.24. The summed E-state index contributed by atoms with van der Waals surface area (Å²) in [6.45, 7) is 4.55. The lowest BCUT2D eigenvalue weighted by atomic mass is 10.0. The van der Waals surface area contributed by atoms with Crippen molar-refractivity contribution in [2.45, 2.75) is 31.8 Å². The van der Waals surface area contributed by atoms with Gasteiger partial charge in [-0.2, -0.15) is 0 Å². The minimum absolute atomic E-state index is 0.334. The van der Waals surface area contributed by atoms with Gasteiger partial charge in [-0.1, -0.05) is 12.1 Å². The first kappa shape index (κ1) is 12.4. The van der Waals surface area contributed by atoms with Crippen LogP contribution in [0, 0.1) is 0 Å². The molecule has 1 aromatic carbocycles. The molecule has 1 fully saturated rings. The molecule has 0 aliphatic carbocycles. The Morgan fingerprint density at radius 1 is 1.24 bits per heavy atom. The minimum Gasteiger partial charge on any atom is -0.508 e. The van der Waals surface area contributed by atoms with Crippen molar-refractivity contribution in [2.24, 2.45) is 0 Å². The molecular weight excluding hydrogens is 212 g/mol. The second-order valence-electron chi connectivity index (χ2n) is 5.06. The smallest absolute Gasteiger partial charge is 0.115 e. The molecule has 1 atom stereocenters. The zero-order chi connectivity index (χ0) is 12.3. The van der Waals surface area contributed by atoms with Gasteiger partial charge in [0.2, 0.25) is 0 Å². The third kappa shape index (κ3) is 3.45. The van der Waals surface area contributed by atoms with Crippen LogP contribution in [-0.4, -0.2) is 36.2 Å². The molecule has 94 valence electrons. The third-order valence-corrected chi connectivity index (χ3v) is 3.60. The molecule has 1 aliphatic rings. The van der Waals surface area contributed by atoms with Crippen molar-refractivity contribution in [3.8, 4) is 5.75 Å². The van der Waals surface area contributed by atoms with E-state index in [0.717, 1.165) is 0 Å². The average Bonchev–Trinajstić information content (AvgIpc) is 2.33. The summed E-state index contributed by atoms with van der Waals surface area (Å²) in [5.74, 6) is 0.334. The van der Waals surface area contributed by atoms with Gasteiger partial charge in [-0.3, -0.25) is 0 Å². The van der Waals surface area contributed by atoms with Gasteiger partial charge in [-0.05, 0) is 57.6 Å². The number of hydrogen-bond donors (Lipinski definition) is 2. The Bertz CT molecular complexity index is 342. The molecule has 1 heterocycles. The second kappa shape index (κ2) is 5.52. The molecule has 3 nitrogen and oxygen atoms in total. The highest BCUT2D eigenvalue weighted by Crippen LogP contribution is 2.19. The first-order chi connectivity index (χ1) is 8.15. The molecule has 1 saturated heterocycles. The number of benzene rings is 1. The van der Waals surface area contributed by atoms with Gasteiger partial charge in [0.05, 0.1) is 0 Å². The van der Waals surface area contributed by atoms with Crippen LogP contribution in [0.1, 0.15) is 31.4 Å². The van der Waals surface area contributed by atoms with Crippen LogP contribution in [0.3, 0.4) is 0 Å². The van der Waals surface area contributed by atoms with Crippen LogP contribution in [0.4, 0.5) is 0 Å². The highest BCUT2D eigenvalue weighted by Gasteiger charge is 2.18. The van der Waals surface area contributed by atoms with Crippen molar-refractivity contribution in [1.29, 1.82) is 0 Å². The van der Waals surface area contributed by atoms with Gasteiger partial charge in [0.15, 0.2) is 0 Å². The number of likely N-dealkylation sites (tertiary alicyclic amines) is 1. The lowest BCUT2D eigenvalue weighted by molar-refractivity contribution is 0.226. The van der Waals surface area contributed by atoms with E-state index in [1.165, 1.54) is 31.5 Å². The predicted octanol–water partition coefficient (Wildman–Crippen LogP) is 2.14. The zero-order valence-electron chi connectivity index (χ0n) is 10.7. The maximum Gasteiger partial charge on any atom is 0.115 e. The topological polar surface area (TPSA) is 35.5 Å². The molecule has 1 aromatic rings. The van der Waals surface area contributed by atoms with Crippen molar-refractivity contribution in [3.63, 3.8) is 0 Å². The van der Waals surface area contributed by atoms with Crippen LogP contribution in [0.2, 0.25) is 0 Å². The lowest BCUT2D eigenvalue weighted by Crippen LogP contribution is -2.41. The molecule has 0 bridgehead atoms. The second-order valence-corrected chi connectivity index (χ2v) is 5.06. The monoisotopic (exact) mass is 234 g/mol. The number of rotatable bonds is 3. The van der Waals surface area contributed by atoms with Crippen LogP contribution < -0.4 is 5.32 Å². The summed E-state index contributed by atoms with van der Waals surface area (Å²) in [6.07, 6.45) is 2.44. The number of nitrogens with one attached hydrogen (secondary N) is 1. The Balaban J connectivity index is 1.88. The summed E-state index contributed by atoms with van der Waals surface area (Å²) < 4.78 is 0. The van der Waals surface area contributed by atoms with Crippen molar-refractivity contribution >= 4 is 0 Å². The van der Waals surface area contributed by atoms with Crippen LogP contribution in [0.25, 0.3) is 0 Å². The number of piperidine rings is 1. The summed E-state index contributed by atoms with van der Waals surface area (Å²) >= 11 is 0. The molecule has 0 radical (unpaired) electrons. The first-order valence-corrected chi connectivity index (χ1v) is 6.38. The highest BCUT2D eigenvalue weighted by atomic mass is 16.3. The van der Waals surface area contributed by atoms with Gasteiger partial charge in [-0.25, -0.2) is 0 Å². The van der Waals surface area contributed by atoms with Gasteiger partial charge in [-0.15, -0.1) is 0 Å². The SMILES string of the molecule is CC(NC1CCN(C)CC1)c1ccc(O)cc1. The van der Waals surface area contributed by atoms with Crippen LogP contribution in [-0.2, 0) is 0 Å². The Morgan fingerprint density at radius 2 is 1.82 bits per heavy atom. The molecule has 1 unspecified atom stereocenters. The molecule has 1 aliphatic heterocycles. The summed E-state index contributed by atoms with van der Waals surface area (Å²) in [7, 11) is 2.18. The molecule has 2 rings (SSSR count). The predicted molar refractivity (Wildman–Crippen MR) is 70.2 cm³/mol. The van der Waals surface area contributed by atoms with E-state index in [2.05, 4.69) is 24.2 Å². The molecular formula is C14H22N2O. The number of hydrogen-bond acceptors (Lipinski definition) is 3. The van der Waals surface area contributed by atoms with Crippen molar-refractivity contribution in [2.75, 3.05) is 20.1 Å². The molecule has 0 saturated carbocycles. The standard InChI is InChI=1S/C14H22N2O/c1-11(12-3-5-14(17)6-4-12)15-13-7-9-16(2)10-8-13/h3-6,11,13,15,17H,7-10H2,1-2H3. The lowest BCUT2D eigenvalue weighted by Gasteiger charge is -2.31. The van der Waals surface area contributed by atoms with E-state index in [4.69, 9.17) is 0 Å². The molecule has 0 aromatic heterocycles. The summed E-state index contributed by atoms with van der Waals surface area (Å²) in [4.78, 5) is 2.38. The van der Waals surface area contributed by atoms with Crippen molar-refractivity contribution in [1.82, 2.24) is 10.2 Å². The minimum atomic E-state index is 0.334. The van der Waals surface area contributed by atoms with Crippen LogP contribution in [0.15, 0.2) is 24.3 Å². The molecule has 2 N–H and O–H groups in total. The number of phenolic OH excluding ortho intramolecular Hbond substituents is 1. The van der Waals surface area contributed by atoms with E-state index in [1.807, 2.05) is 12.1 Å². The van der Waals surface area contributed by atoms with Gasteiger partial charge >= 0.3 is 0 Å². The maximum atomic E-state index is 9.26. The van der Waals surface area contributed by atoms with E-state index < -0.39 is 0 Å². The zero-order valence-corrected chi connectivity index (χ0v) is 10.7. The number of aromatic hydroxyl groups is 1. The van der Waals surface area contributed by atoms with E-state index in [0.29, 0.717) is 17.8 Å². The van der Waals surface area contributed by atoms with Gasteiger partial charge in [0, 0.05) is 12.1 Å². The largest absolute Gasteiger partial charge is 0.508 e. The third-order valence-electron chi connectivity index (χ3n) is 3.60. The van der Waals surface area contributed by atoms with Gasteiger partial charge in [0.1, 0.15) is 5.75 Å². The van der Waals surface area contributed by atoms with Gasteiger partial charge < -0.3 is 15.3 Å². The van der Waals surface area contributed by atoms with E-state index >= 15 is 0 Å². The van der Waals surface area contributed by atoms with E-state index in [1.54, 1.807) is 12.1 Å². The Labute approximate surface area is 103 Å². The maximum absolute atomic E-state index is 9.26. The normalized spacial score (nSPS) is 20.4. The fourth-order valence-electron chi connectivity index (χ4n) is 2.39. The Kier molecular flexibility index (Phi) is 4.02. The number of nitrogens with zero attached hydrogens (tertiary/aromatic N) is 1.